The number of nitrogens with zero attached hydrogens (tertiary/aromatic N) is 1. The van der Waals surface area contributed by atoms with Gasteiger partial charge < -0.3 is 4.90 Å². The van der Waals surface area contributed by atoms with E-state index in [2.05, 4.69) is 53.0 Å². The fourth-order valence-electron chi connectivity index (χ4n) is 1.75. The summed E-state index contributed by atoms with van der Waals surface area (Å²) in [5.74, 6) is 0. The molecule has 1 aliphatic rings. The van der Waals surface area contributed by atoms with Crippen molar-refractivity contribution >= 4 is 21.6 Å². The summed E-state index contributed by atoms with van der Waals surface area (Å²) in [5, 5.41) is 0. The van der Waals surface area contributed by atoms with Crippen molar-refractivity contribution in [1.82, 2.24) is 0 Å². The number of hydrogen-bond donors (Lipinski definition) is 0. The predicted molar refractivity (Wildman–Crippen MR) is 55.7 cm³/mol. The molecule has 64 valence electrons. The van der Waals surface area contributed by atoms with E-state index in [1.165, 1.54) is 22.1 Å². The molecule has 1 aromatic carbocycles. The lowest BCUT2D eigenvalue weighted by Gasteiger charge is -2.17. The number of likely N-dealkylation sites (N-methyl/N-ethyl adjacent to an activating group) is 1. The summed E-state index contributed by atoms with van der Waals surface area (Å²) in [6, 6.07) is 7.15. The molecule has 1 heterocycles. The molecule has 0 radical (unpaired) electrons. The van der Waals surface area contributed by atoms with Gasteiger partial charge in [0.1, 0.15) is 0 Å². The maximum Gasteiger partial charge on any atom is 0.0400 e. The van der Waals surface area contributed by atoms with Crippen LogP contribution in [-0.2, 0) is 6.42 Å². The van der Waals surface area contributed by atoms with E-state index >= 15 is 0 Å². The molecule has 1 unspecified atom stereocenters. The van der Waals surface area contributed by atoms with E-state index in [1.54, 1.807) is 0 Å². The Bertz CT molecular complexity index is 309. The van der Waals surface area contributed by atoms with Gasteiger partial charge in [-0.1, -0.05) is 15.9 Å². The molecule has 1 aromatic rings. The van der Waals surface area contributed by atoms with Crippen LogP contribution in [0.4, 0.5) is 5.69 Å². The first-order valence-electron chi connectivity index (χ1n) is 4.20. The average molecular weight is 226 g/mol. The molecule has 0 spiro atoms. The standard InChI is InChI=1S/C10H12BrN/c1-7-5-8-6-9(11)3-4-10(8)12(7)2/h3-4,6-7H,5H2,1-2H3. The number of halogens is 1. The van der Waals surface area contributed by atoms with E-state index in [9.17, 15) is 0 Å². The second kappa shape index (κ2) is 2.77. The molecule has 0 bridgehead atoms. The number of benzene rings is 1. The van der Waals surface area contributed by atoms with Crippen molar-refractivity contribution < 1.29 is 0 Å². The SMILES string of the molecule is CC1Cc2cc(Br)ccc2N1C. The molecule has 0 aliphatic carbocycles. The average Bonchev–Trinajstić information content (AvgIpc) is 2.28. The minimum Gasteiger partial charge on any atom is -0.371 e. The molecule has 0 fully saturated rings. The summed E-state index contributed by atoms with van der Waals surface area (Å²) in [7, 11) is 2.16. The van der Waals surface area contributed by atoms with Gasteiger partial charge in [0.2, 0.25) is 0 Å². The lowest BCUT2D eigenvalue weighted by Crippen LogP contribution is -2.23. The topological polar surface area (TPSA) is 3.24 Å². The Morgan fingerprint density at radius 2 is 2.25 bits per heavy atom. The third-order valence-electron chi connectivity index (χ3n) is 2.60. The van der Waals surface area contributed by atoms with Gasteiger partial charge in [0, 0.05) is 23.2 Å². The molecule has 0 saturated carbocycles. The molecule has 1 atom stereocenters. The van der Waals surface area contributed by atoms with Crippen molar-refractivity contribution in [2.75, 3.05) is 11.9 Å². The molecule has 0 N–H and O–H groups in total. The summed E-state index contributed by atoms with van der Waals surface area (Å²) < 4.78 is 1.18. The first-order valence-corrected chi connectivity index (χ1v) is 4.99. The van der Waals surface area contributed by atoms with Crippen LogP contribution < -0.4 is 4.90 Å². The Hall–Kier alpha value is -0.500. The van der Waals surface area contributed by atoms with Crippen LogP contribution in [-0.4, -0.2) is 13.1 Å². The highest BCUT2D eigenvalue weighted by molar-refractivity contribution is 9.10. The van der Waals surface area contributed by atoms with Gasteiger partial charge in [0.15, 0.2) is 0 Å². The van der Waals surface area contributed by atoms with Crippen molar-refractivity contribution in [3.63, 3.8) is 0 Å². The van der Waals surface area contributed by atoms with Crippen molar-refractivity contribution in [3.05, 3.63) is 28.2 Å². The summed E-state index contributed by atoms with van der Waals surface area (Å²) in [4.78, 5) is 2.34. The highest BCUT2D eigenvalue weighted by atomic mass is 79.9. The van der Waals surface area contributed by atoms with Gasteiger partial charge in [-0.3, -0.25) is 0 Å². The van der Waals surface area contributed by atoms with Crippen LogP contribution in [0.1, 0.15) is 12.5 Å². The molecule has 1 nitrogen and oxygen atoms in total. The first-order chi connectivity index (χ1) is 5.68. The van der Waals surface area contributed by atoms with E-state index in [-0.39, 0.29) is 0 Å². The van der Waals surface area contributed by atoms with Crippen LogP contribution in [0.25, 0.3) is 0 Å². The number of fused-ring (bicyclic) bond motifs is 1. The molecule has 12 heavy (non-hydrogen) atoms. The van der Waals surface area contributed by atoms with E-state index in [4.69, 9.17) is 0 Å². The molecular weight excluding hydrogens is 214 g/mol. The lowest BCUT2D eigenvalue weighted by molar-refractivity contribution is 0.732. The number of hydrogen-bond acceptors (Lipinski definition) is 1. The minimum atomic E-state index is 0.647. The fourth-order valence-corrected chi connectivity index (χ4v) is 2.16. The van der Waals surface area contributed by atoms with Crippen LogP contribution in [0.5, 0.6) is 0 Å². The largest absolute Gasteiger partial charge is 0.371 e. The highest BCUT2D eigenvalue weighted by Crippen LogP contribution is 2.32. The van der Waals surface area contributed by atoms with Crippen LogP contribution in [0.15, 0.2) is 22.7 Å². The molecular formula is C10H12BrN. The number of rotatable bonds is 0. The zero-order valence-corrected chi connectivity index (χ0v) is 8.93. The minimum absolute atomic E-state index is 0.647. The van der Waals surface area contributed by atoms with E-state index in [0.717, 1.165) is 0 Å². The van der Waals surface area contributed by atoms with Crippen LogP contribution >= 0.6 is 15.9 Å². The Balaban J connectivity index is 2.47. The maximum absolute atomic E-state index is 3.49. The zero-order chi connectivity index (χ0) is 8.72. The summed E-state index contributed by atoms with van der Waals surface area (Å²) in [5.41, 5.74) is 2.84. The molecule has 0 amide bonds. The second-order valence-electron chi connectivity index (χ2n) is 3.44. The molecule has 0 aromatic heterocycles. The van der Waals surface area contributed by atoms with Gasteiger partial charge in [-0.25, -0.2) is 0 Å². The van der Waals surface area contributed by atoms with Crippen molar-refractivity contribution in [1.29, 1.82) is 0 Å². The van der Waals surface area contributed by atoms with E-state index in [1.807, 2.05) is 0 Å². The monoisotopic (exact) mass is 225 g/mol. The van der Waals surface area contributed by atoms with Crippen molar-refractivity contribution in [2.45, 2.75) is 19.4 Å². The third kappa shape index (κ3) is 1.14. The van der Waals surface area contributed by atoms with Gasteiger partial charge in [0.25, 0.3) is 0 Å². The second-order valence-corrected chi connectivity index (χ2v) is 4.35. The molecule has 1 aliphatic heterocycles. The van der Waals surface area contributed by atoms with E-state index in [0.29, 0.717) is 6.04 Å². The van der Waals surface area contributed by atoms with Gasteiger partial charge in [0.05, 0.1) is 0 Å². The molecule has 0 saturated heterocycles. The van der Waals surface area contributed by atoms with Crippen molar-refractivity contribution in [3.8, 4) is 0 Å². The normalized spacial score (nSPS) is 21.2. The summed E-state index contributed by atoms with van der Waals surface area (Å²) >= 11 is 3.49. The van der Waals surface area contributed by atoms with Crippen LogP contribution in [0.2, 0.25) is 0 Å². The van der Waals surface area contributed by atoms with Crippen molar-refractivity contribution in [2.24, 2.45) is 0 Å². The third-order valence-corrected chi connectivity index (χ3v) is 3.09. The smallest absolute Gasteiger partial charge is 0.0400 e. The quantitative estimate of drug-likeness (QED) is 0.657. The highest BCUT2D eigenvalue weighted by Gasteiger charge is 2.22. The fraction of sp³-hybridized carbons (Fsp3) is 0.400. The summed E-state index contributed by atoms with van der Waals surface area (Å²) in [6.45, 7) is 2.26. The Morgan fingerprint density at radius 1 is 1.50 bits per heavy atom. The molecule has 2 heteroatoms. The predicted octanol–water partition coefficient (Wildman–Crippen LogP) is 2.83. The Morgan fingerprint density at radius 3 is 3.00 bits per heavy atom. The van der Waals surface area contributed by atoms with Gasteiger partial charge in [-0.05, 0) is 37.1 Å². The van der Waals surface area contributed by atoms with Crippen LogP contribution in [0, 0.1) is 0 Å². The Kier molecular flexibility index (Phi) is 1.87. The summed E-state index contributed by atoms with van der Waals surface area (Å²) in [6.07, 6.45) is 1.17. The van der Waals surface area contributed by atoms with Gasteiger partial charge >= 0.3 is 0 Å². The van der Waals surface area contributed by atoms with Gasteiger partial charge in [-0.15, -0.1) is 0 Å². The Labute approximate surface area is 81.5 Å². The zero-order valence-electron chi connectivity index (χ0n) is 7.34. The molecule has 2 rings (SSSR count). The lowest BCUT2D eigenvalue weighted by atomic mass is 10.1. The van der Waals surface area contributed by atoms with E-state index < -0.39 is 0 Å². The van der Waals surface area contributed by atoms with Crippen LogP contribution in [0.3, 0.4) is 0 Å². The number of anilines is 1. The van der Waals surface area contributed by atoms with Gasteiger partial charge in [-0.2, -0.15) is 0 Å². The first kappa shape index (κ1) is 8.11. The maximum atomic E-state index is 3.49.